The Kier molecular flexibility index (Phi) is 12.1. The van der Waals surface area contributed by atoms with Crippen LogP contribution in [-0.2, 0) is 43.4 Å². The number of rotatable bonds is 11. The van der Waals surface area contributed by atoms with Crippen molar-refractivity contribution in [3.63, 3.8) is 0 Å². The number of carbonyl (C=O) groups is 2. The number of amides is 2. The van der Waals surface area contributed by atoms with Crippen LogP contribution >= 0.6 is 0 Å². The van der Waals surface area contributed by atoms with E-state index < -0.39 is 12.2 Å². The van der Waals surface area contributed by atoms with E-state index >= 15 is 0 Å². The average Bonchev–Trinajstić information content (AvgIpc) is 3.79. The summed E-state index contributed by atoms with van der Waals surface area (Å²) < 4.78 is 3.58. The van der Waals surface area contributed by atoms with Crippen molar-refractivity contribution in [1.82, 2.24) is 29.0 Å². The first kappa shape index (κ1) is 45.8. The van der Waals surface area contributed by atoms with E-state index in [-0.39, 0.29) is 34.6 Å². The van der Waals surface area contributed by atoms with Gasteiger partial charge in [0.1, 0.15) is 17.1 Å². The summed E-state index contributed by atoms with van der Waals surface area (Å²) in [7, 11) is 1.64. The second-order valence-electron chi connectivity index (χ2n) is 20.1. The van der Waals surface area contributed by atoms with Crippen molar-refractivity contribution in [3.8, 4) is 11.3 Å². The Hall–Kier alpha value is -6.36. The van der Waals surface area contributed by atoms with E-state index in [0.29, 0.717) is 70.6 Å². The number of nitrogens with one attached hydrogen (secondary N) is 2. The van der Waals surface area contributed by atoms with Crippen LogP contribution in [0.4, 0.5) is 34.4 Å². The lowest BCUT2D eigenvalue weighted by Crippen LogP contribution is -2.58. The van der Waals surface area contributed by atoms with Gasteiger partial charge in [0.15, 0.2) is 5.82 Å². The molecule has 5 aromatic rings. The predicted molar refractivity (Wildman–Crippen MR) is 262 cm³/mol. The van der Waals surface area contributed by atoms with Gasteiger partial charge in [0.25, 0.3) is 11.5 Å². The van der Waals surface area contributed by atoms with Crippen molar-refractivity contribution in [1.29, 1.82) is 0 Å². The minimum absolute atomic E-state index is 0.0455. The van der Waals surface area contributed by atoms with Crippen molar-refractivity contribution in [2.75, 3.05) is 58.1 Å². The molecule has 2 amide bonds. The third-order valence-electron chi connectivity index (χ3n) is 14.2. The van der Waals surface area contributed by atoms with Gasteiger partial charge in [0.05, 0.1) is 29.4 Å². The number of hydrogen-bond acceptors (Lipinski definition) is 12. The minimum atomic E-state index is -1.01. The zero-order valence-electron chi connectivity index (χ0n) is 39.7. The topological polar surface area (TPSA) is 177 Å². The quantitative estimate of drug-likeness (QED) is 0.114. The van der Waals surface area contributed by atoms with Crippen LogP contribution in [0.25, 0.3) is 11.3 Å². The van der Waals surface area contributed by atoms with Crippen molar-refractivity contribution in [2.45, 2.75) is 104 Å². The number of piperazine rings is 1. The molecule has 4 N–H and O–H groups in total. The van der Waals surface area contributed by atoms with E-state index in [1.807, 2.05) is 36.4 Å². The molecule has 7 heterocycles. The maximum atomic E-state index is 14.1. The second kappa shape index (κ2) is 17.7. The Morgan fingerprint density at radius 3 is 2.49 bits per heavy atom. The number of pyridine rings is 2. The summed E-state index contributed by atoms with van der Waals surface area (Å²) in [4.78, 5) is 63.4. The van der Waals surface area contributed by atoms with Crippen LogP contribution < -0.4 is 30.9 Å². The highest BCUT2D eigenvalue weighted by Gasteiger charge is 2.38. The van der Waals surface area contributed by atoms with Crippen LogP contribution in [-0.4, -0.2) is 102 Å². The lowest BCUT2D eigenvalue weighted by molar-refractivity contribution is -0.111. The maximum Gasteiger partial charge on any atom is 0.293 e. The fourth-order valence-corrected chi connectivity index (χ4v) is 10.8. The third kappa shape index (κ3) is 8.85. The molecular weight excluding hydrogens is 847 g/mol. The number of aliphatic hydroxyl groups is 2. The van der Waals surface area contributed by atoms with Crippen molar-refractivity contribution in [3.05, 3.63) is 112 Å². The molecule has 352 valence electrons. The Morgan fingerprint density at radius 2 is 1.76 bits per heavy atom. The van der Waals surface area contributed by atoms with Gasteiger partial charge in [-0.05, 0) is 113 Å². The Balaban J connectivity index is 0.924. The van der Waals surface area contributed by atoms with Crippen molar-refractivity contribution in [2.24, 2.45) is 12.5 Å². The molecule has 1 aliphatic carbocycles. The number of fused-ring (bicyclic) bond motifs is 3. The maximum absolute atomic E-state index is 14.1. The standard InChI is InChI=1S/C51H63N11O5/c1-9-45(64)55-39-24-34(10-11-41(39)60-19-18-58(28-32(60)3)35-14-17-59(31(2)22-35)36-12-15-52-44(25-36)51(6,7)67)54-46-49(66)57(8)29-40(56-46)37-13-16-53-47(38(37)30-63)62-21-20-61-42(48(62)65)23-33-26-50(4,5)27-43(33)61/h9-13,15-16,23-25,29,31-32,35,63,67H,1,14,17-22,26-28,30H2,2-8H3,(H,54,56)(H,55,64)/t31-,32+,35?/m1/s1. The van der Waals surface area contributed by atoms with Gasteiger partial charge in [-0.25, -0.2) is 9.97 Å². The Bertz CT molecular complexity index is 2810. The lowest BCUT2D eigenvalue weighted by Gasteiger charge is -2.48. The molecule has 4 aliphatic rings. The van der Waals surface area contributed by atoms with E-state index in [9.17, 15) is 24.6 Å². The summed E-state index contributed by atoms with van der Waals surface area (Å²) in [6, 6.07) is 14.3. The van der Waals surface area contributed by atoms with E-state index in [4.69, 9.17) is 4.98 Å². The molecule has 0 bridgehead atoms. The van der Waals surface area contributed by atoms with Crippen molar-refractivity contribution >= 4 is 46.2 Å². The summed E-state index contributed by atoms with van der Waals surface area (Å²) in [5.74, 6) is -0.115. The van der Waals surface area contributed by atoms with E-state index in [1.54, 1.807) is 50.5 Å². The molecule has 16 nitrogen and oxygen atoms in total. The summed E-state index contributed by atoms with van der Waals surface area (Å²) in [5.41, 5.74) is 6.95. The normalized spacial score (nSPS) is 20.7. The van der Waals surface area contributed by atoms with Gasteiger partial charge >= 0.3 is 0 Å². The molecule has 1 aromatic carbocycles. The van der Waals surface area contributed by atoms with E-state index in [2.05, 4.69) is 74.1 Å². The van der Waals surface area contributed by atoms with Crippen LogP contribution in [0.5, 0.6) is 0 Å². The van der Waals surface area contributed by atoms with Gasteiger partial charge in [-0.3, -0.25) is 29.2 Å². The van der Waals surface area contributed by atoms with Crippen LogP contribution in [0.1, 0.15) is 87.4 Å². The van der Waals surface area contributed by atoms with Crippen LogP contribution in [0.3, 0.4) is 0 Å². The molecule has 16 heteroatoms. The molecule has 4 aromatic heterocycles. The van der Waals surface area contributed by atoms with Gasteiger partial charge in [-0.1, -0.05) is 20.4 Å². The zero-order chi connectivity index (χ0) is 47.5. The van der Waals surface area contributed by atoms with E-state index in [0.717, 1.165) is 63.2 Å². The number of aromatic nitrogens is 5. The number of carbonyl (C=O) groups excluding carboxylic acids is 2. The molecule has 0 spiro atoms. The predicted octanol–water partition coefficient (Wildman–Crippen LogP) is 5.98. The molecule has 3 atom stereocenters. The van der Waals surface area contributed by atoms with E-state index in [1.165, 1.54) is 21.9 Å². The largest absolute Gasteiger partial charge is 0.392 e. The molecule has 67 heavy (non-hydrogen) atoms. The fraction of sp³-hybridized carbons (Fsp3) is 0.451. The number of anilines is 6. The molecule has 3 aliphatic heterocycles. The fourth-order valence-electron chi connectivity index (χ4n) is 10.8. The molecular formula is C51H63N11O5. The lowest BCUT2D eigenvalue weighted by atomic mass is 9.90. The Labute approximate surface area is 392 Å². The van der Waals surface area contributed by atoms with Crippen LogP contribution in [0.15, 0.2) is 78.5 Å². The first-order valence-corrected chi connectivity index (χ1v) is 23.4. The highest BCUT2D eigenvalue weighted by Crippen LogP contribution is 2.41. The van der Waals surface area contributed by atoms with Gasteiger partial charge in [-0.2, -0.15) is 0 Å². The number of aliphatic hydroxyl groups excluding tert-OH is 1. The minimum Gasteiger partial charge on any atom is -0.392 e. The van der Waals surface area contributed by atoms with Gasteiger partial charge in [-0.15, -0.1) is 0 Å². The highest BCUT2D eigenvalue weighted by molar-refractivity contribution is 6.06. The van der Waals surface area contributed by atoms with Gasteiger partial charge < -0.3 is 39.8 Å². The van der Waals surface area contributed by atoms with Crippen LogP contribution in [0.2, 0.25) is 0 Å². The summed E-state index contributed by atoms with van der Waals surface area (Å²) in [5, 5.41) is 27.6. The highest BCUT2D eigenvalue weighted by atomic mass is 16.3. The molecule has 0 radical (unpaired) electrons. The third-order valence-corrected chi connectivity index (χ3v) is 14.2. The Morgan fingerprint density at radius 1 is 0.970 bits per heavy atom. The molecule has 1 unspecified atom stereocenters. The number of nitrogens with zero attached hydrogens (tertiary/aromatic N) is 9. The smallest absolute Gasteiger partial charge is 0.293 e. The molecule has 2 saturated heterocycles. The van der Waals surface area contributed by atoms with Crippen LogP contribution in [0, 0.1) is 5.41 Å². The van der Waals surface area contributed by atoms with Crippen molar-refractivity contribution < 1.29 is 19.8 Å². The zero-order valence-corrected chi connectivity index (χ0v) is 39.7. The number of aryl methyl sites for hydroxylation is 1. The summed E-state index contributed by atoms with van der Waals surface area (Å²) in [6.45, 7) is 20.2. The molecule has 0 saturated carbocycles. The first-order chi connectivity index (χ1) is 31.9. The SMILES string of the molecule is C=CC(=O)Nc1cc(Nc2nc(-c3ccnc(N4CCn5c(cc6c5CC(C)(C)C6)C4=O)c3CO)cn(C)c2=O)ccc1N1CCN(C2CCN(c3ccnc(C(C)(C)O)c3)[C@H](C)C2)C[C@@H]1C. The number of hydrogen-bond donors (Lipinski definition) is 4. The van der Waals surface area contributed by atoms with Gasteiger partial charge in [0.2, 0.25) is 5.91 Å². The summed E-state index contributed by atoms with van der Waals surface area (Å²) in [6.07, 6.45) is 10.1. The number of benzene rings is 1. The molecule has 2 fully saturated rings. The summed E-state index contributed by atoms with van der Waals surface area (Å²) >= 11 is 0. The second-order valence-corrected chi connectivity index (χ2v) is 20.1. The first-order valence-electron chi connectivity index (χ1n) is 23.4. The van der Waals surface area contributed by atoms with Gasteiger partial charge in [0, 0.05) is 111 Å². The number of piperidine rings is 1. The molecule has 9 rings (SSSR count). The average molecular weight is 910 g/mol. The monoisotopic (exact) mass is 910 g/mol.